The standard InChI is InChI=1S/C19H28FN3/c1-15(2)23-14-16(18-7-6-17(20)13-19(18)23)5-4-8-22-11-9-21(3)10-12-22/h6-7,13-15H,4-5,8-12H2,1-3H3. The molecule has 3 rings (SSSR count). The largest absolute Gasteiger partial charge is 0.345 e. The van der Waals surface area contributed by atoms with Crippen molar-refractivity contribution in [2.75, 3.05) is 39.8 Å². The second-order valence-electron chi connectivity index (χ2n) is 7.07. The number of likely N-dealkylation sites (N-methyl/N-ethyl adjacent to an activating group) is 1. The Labute approximate surface area is 138 Å². The fraction of sp³-hybridized carbons (Fsp3) is 0.579. The summed E-state index contributed by atoms with van der Waals surface area (Å²) in [4.78, 5) is 4.95. The van der Waals surface area contributed by atoms with Gasteiger partial charge in [0.1, 0.15) is 5.82 Å². The van der Waals surface area contributed by atoms with Crippen LogP contribution < -0.4 is 0 Å². The molecular weight excluding hydrogens is 289 g/mol. The molecule has 23 heavy (non-hydrogen) atoms. The Kier molecular flexibility index (Phi) is 5.02. The van der Waals surface area contributed by atoms with Crippen LogP contribution in [0.25, 0.3) is 10.9 Å². The zero-order chi connectivity index (χ0) is 16.4. The Balaban J connectivity index is 1.68. The van der Waals surface area contributed by atoms with Crippen LogP contribution in [0, 0.1) is 5.82 Å². The van der Waals surface area contributed by atoms with Crippen molar-refractivity contribution in [3.63, 3.8) is 0 Å². The Morgan fingerprint density at radius 2 is 1.87 bits per heavy atom. The molecule has 0 saturated carbocycles. The Hall–Kier alpha value is -1.39. The highest BCUT2D eigenvalue weighted by Gasteiger charge is 2.15. The number of fused-ring (bicyclic) bond motifs is 1. The summed E-state index contributed by atoms with van der Waals surface area (Å²) in [6.45, 7) is 10.2. The molecule has 126 valence electrons. The lowest BCUT2D eigenvalue weighted by atomic mass is 10.1. The van der Waals surface area contributed by atoms with E-state index in [9.17, 15) is 4.39 Å². The van der Waals surface area contributed by atoms with Gasteiger partial charge in [-0.05, 0) is 64.0 Å². The summed E-state index contributed by atoms with van der Waals surface area (Å²) in [5.74, 6) is -0.151. The van der Waals surface area contributed by atoms with E-state index in [1.54, 1.807) is 12.1 Å². The second-order valence-corrected chi connectivity index (χ2v) is 7.07. The number of hydrogen-bond acceptors (Lipinski definition) is 2. The molecule has 0 unspecified atom stereocenters. The summed E-state index contributed by atoms with van der Waals surface area (Å²) in [7, 11) is 2.19. The van der Waals surface area contributed by atoms with Gasteiger partial charge in [-0.3, -0.25) is 0 Å². The van der Waals surface area contributed by atoms with Crippen molar-refractivity contribution in [1.29, 1.82) is 0 Å². The first kappa shape index (κ1) is 16.5. The van der Waals surface area contributed by atoms with Gasteiger partial charge in [-0.25, -0.2) is 4.39 Å². The maximum Gasteiger partial charge on any atom is 0.125 e. The monoisotopic (exact) mass is 317 g/mol. The summed E-state index contributed by atoms with van der Waals surface area (Å²) in [5.41, 5.74) is 2.37. The van der Waals surface area contributed by atoms with Crippen molar-refractivity contribution in [2.45, 2.75) is 32.7 Å². The van der Waals surface area contributed by atoms with Crippen LogP contribution in [-0.4, -0.2) is 54.1 Å². The molecular formula is C19H28FN3. The van der Waals surface area contributed by atoms with E-state index in [0.29, 0.717) is 6.04 Å². The molecule has 1 fully saturated rings. The van der Waals surface area contributed by atoms with Crippen molar-refractivity contribution >= 4 is 10.9 Å². The molecule has 0 spiro atoms. The number of piperazine rings is 1. The van der Waals surface area contributed by atoms with E-state index in [1.165, 1.54) is 37.1 Å². The van der Waals surface area contributed by atoms with Crippen LogP contribution in [0.4, 0.5) is 4.39 Å². The first-order valence-electron chi connectivity index (χ1n) is 8.74. The lowest BCUT2D eigenvalue weighted by Crippen LogP contribution is -2.44. The van der Waals surface area contributed by atoms with E-state index in [0.717, 1.165) is 24.9 Å². The molecule has 0 atom stereocenters. The summed E-state index contributed by atoms with van der Waals surface area (Å²) in [6, 6.07) is 5.54. The Morgan fingerprint density at radius 3 is 2.57 bits per heavy atom. The SMILES string of the molecule is CC(C)n1cc(CCCN2CCN(C)CC2)c2ccc(F)cc21. The number of hydrogen-bond donors (Lipinski definition) is 0. The van der Waals surface area contributed by atoms with Crippen molar-refractivity contribution in [3.8, 4) is 0 Å². The Bertz CT molecular complexity index is 654. The van der Waals surface area contributed by atoms with Crippen LogP contribution in [0.1, 0.15) is 31.9 Å². The molecule has 1 aromatic heterocycles. The van der Waals surface area contributed by atoms with Gasteiger partial charge >= 0.3 is 0 Å². The molecule has 2 aromatic rings. The van der Waals surface area contributed by atoms with Gasteiger partial charge in [0.2, 0.25) is 0 Å². The highest BCUT2D eigenvalue weighted by Crippen LogP contribution is 2.26. The predicted octanol–water partition coefficient (Wildman–Crippen LogP) is 3.54. The van der Waals surface area contributed by atoms with Crippen molar-refractivity contribution in [2.24, 2.45) is 0 Å². The van der Waals surface area contributed by atoms with Gasteiger partial charge in [0, 0.05) is 43.8 Å². The Morgan fingerprint density at radius 1 is 1.13 bits per heavy atom. The number of nitrogens with zero attached hydrogens (tertiary/aromatic N) is 3. The smallest absolute Gasteiger partial charge is 0.125 e. The molecule has 1 aliphatic rings. The minimum atomic E-state index is -0.151. The first-order valence-corrected chi connectivity index (χ1v) is 8.74. The molecule has 1 saturated heterocycles. The van der Waals surface area contributed by atoms with Crippen LogP contribution in [0.15, 0.2) is 24.4 Å². The lowest BCUT2D eigenvalue weighted by molar-refractivity contribution is 0.153. The molecule has 3 nitrogen and oxygen atoms in total. The van der Waals surface area contributed by atoms with E-state index in [1.807, 2.05) is 6.07 Å². The van der Waals surface area contributed by atoms with E-state index >= 15 is 0 Å². The van der Waals surface area contributed by atoms with Gasteiger partial charge in [-0.1, -0.05) is 0 Å². The first-order chi connectivity index (χ1) is 11.0. The van der Waals surface area contributed by atoms with E-state index in [2.05, 4.69) is 41.5 Å². The van der Waals surface area contributed by atoms with Gasteiger partial charge in [-0.2, -0.15) is 0 Å². The number of aryl methyl sites for hydroxylation is 1. The van der Waals surface area contributed by atoms with Crippen LogP contribution in [-0.2, 0) is 6.42 Å². The number of aromatic nitrogens is 1. The minimum absolute atomic E-state index is 0.151. The van der Waals surface area contributed by atoms with Crippen molar-refractivity contribution in [1.82, 2.24) is 14.4 Å². The average molecular weight is 317 g/mol. The second kappa shape index (κ2) is 7.02. The predicted molar refractivity (Wildman–Crippen MR) is 94.5 cm³/mol. The van der Waals surface area contributed by atoms with Crippen LogP contribution in [0.2, 0.25) is 0 Å². The van der Waals surface area contributed by atoms with E-state index in [-0.39, 0.29) is 5.82 Å². The highest BCUT2D eigenvalue weighted by atomic mass is 19.1. The number of benzene rings is 1. The van der Waals surface area contributed by atoms with E-state index in [4.69, 9.17) is 0 Å². The number of halogens is 1. The summed E-state index contributed by atoms with van der Waals surface area (Å²) in [6.07, 6.45) is 4.45. The topological polar surface area (TPSA) is 11.4 Å². The third-order valence-corrected chi connectivity index (χ3v) is 4.95. The van der Waals surface area contributed by atoms with Crippen LogP contribution in [0.5, 0.6) is 0 Å². The van der Waals surface area contributed by atoms with Gasteiger partial charge < -0.3 is 14.4 Å². The summed E-state index contributed by atoms with van der Waals surface area (Å²) < 4.78 is 15.8. The molecule has 2 heterocycles. The molecule has 0 radical (unpaired) electrons. The average Bonchev–Trinajstić information content (AvgIpc) is 2.87. The molecule has 0 amide bonds. The maximum absolute atomic E-state index is 13.6. The third kappa shape index (κ3) is 3.75. The zero-order valence-corrected chi connectivity index (χ0v) is 14.6. The fourth-order valence-electron chi connectivity index (χ4n) is 3.49. The molecule has 4 heteroatoms. The third-order valence-electron chi connectivity index (χ3n) is 4.95. The van der Waals surface area contributed by atoms with E-state index < -0.39 is 0 Å². The summed E-state index contributed by atoms with van der Waals surface area (Å²) >= 11 is 0. The lowest BCUT2D eigenvalue weighted by Gasteiger charge is -2.32. The highest BCUT2D eigenvalue weighted by molar-refractivity contribution is 5.84. The zero-order valence-electron chi connectivity index (χ0n) is 14.6. The quantitative estimate of drug-likeness (QED) is 0.835. The van der Waals surface area contributed by atoms with Gasteiger partial charge in [0.05, 0.1) is 5.52 Å². The normalized spacial score (nSPS) is 17.4. The number of rotatable bonds is 5. The fourth-order valence-corrected chi connectivity index (χ4v) is 3.49. The minimum Gasteiger partial charge on any atom is -0.345 e. The van der Waals surface area contributed by atoms with Crippen LogP contribution in [0.3, 0.4) is 0 Å². The van der Waals surface area contributed by atoms with Gasteiger partial charge in [-0.15, -0.1) is 0 Å². The molecule has 0 bridgehead atoms. The van der Waals surface area contributed by atoms with Crippen molar-refractivity contribution < 1.29 is 4.39 Å². The molecule has 1 aromatic carbocycles. The molecule has 0 N–H and O–H groups in total. The maximum atomic E-state index is 13.6. The van der Waals surface area contributed by atoms with Crippen LogP contribution >= 0.6 is 0 Å². The molecule has 1 aliphatic heterocycles. The van der Waals surface area contributed by atoms with Gasteiger partial charge in [0.15, 0.2) is 0 Å². The molecule has 0 aliphatic carbocycles. The van der Waals surface area contributed by atoms with Crippen molar-refractivity contribution in [3.05, 3.63) is 35.8 Å². The summed E-state index contributed by atoms with van der Waals surface area (Å²) in [5, 5.41) is 1.21. The van der Waals surface area contributed by atoms with Gasteiger partial charge in [0.25, 0.3) is 0 Å².